The summed E-state index contributed by atoms with van der Waals surface area (Å²) in [4.78, 5) is 33.1. The number of fused-ring (bicyclic) bond motifs is 1. The van der Waals surface area contributed by atoms with E-state index in [2.05, 4.69) is 40.2 Å². The first-order valence-electron chi connectivity index (χ1n) is 12.1. The Morgan fingerprint density at radius 2 is 1.76 bits per heavy atom. The number of nitrogens with one attached hydrogen (secondary N) is 1. The highest BCUT2D eigenvalue weighted by atomic mass is 19.1. The number of rotatable bonds is 4. The van der Waals surface area contributed by atoms with Crippen LogP contribution in [-0.4, -0.2) is 76.1 Å². The van der Waals surface area contributed by atoms with Crippen LogP contribution >= 0.6 is 0 Å². The Labute approximate surface area is 200 Å². The minimum absolute atomic E-state index is 0.0757. The number of hydrogen-bond acceptors (Lipinski definition) is 5. The van der Waals surface area contributed by atoms with E-state index in [-0.39, 0.29) is 17.6 Å². The Balaban J connectivity index is 1.32. The second-order valence-electron chi connectivity index (χ2n) is 9.62. The average Bonchev–Trinajstić information content (AvgIpc) is 3.21. The molecule has 2 aromatic rings. The highest BCUT2D eigenvalue weighted by molar-refractivity contribution is 6.08. The quantitative estimate of drug-likeness (QED) is 0.752. The van der Waals surface area contributed by atoms with Crippen LogP contribution in [0.5, 0.6) is 0 Å². The lowest BCUT2D eigenvalue weighted by Crippen LogP contribution is -2.38. The van der Waals surface area contributed by atoms with Gasteiger partial charge in [0.05, 0.1) is 5.69 Å². The van der Waals surface area contributed by atoms with Crippen molar-refractivity contribution in [1.82, 2.24) is 10.2 Å². The van der Waals surface area contributed by atoms with Gasteiger partial charge in [-0.05, 0) is 68.9 Å². The molecule has 0 unspecified atom stereocenters. The number of nitrogens with zero attached hydrogens (tertiary/aromatic N) is 4. The van der Waals surface area contributed by atoms with Gasteiger partial charge in [-0.3, -0.25) is 9.59 Å². The smallest absolute Gasteiger partial charge is 0.258 e. The van der Waals surface area contributed by atoms with Gasteiger partial charge in [-0.25, -0.2) is 4.39 Å². The van der Waals surface area contributed by atoms with Crippen LogP contribution in [0.4, 0.5) is 21.5 Å². The second-order valence-corrected chi connectivity index (χ2v) is 9.62. The van der Waals surface area contributed by atoms with Gasteiger partial charge in [-0.15, -0.1) is 0 Å². The maximum atomic E-state index is 15.1. The molecule has 2 amide bonds. The van der Waals surface area contributed by atoms with E-state index >= 15 is 4.39 Å². The number of carbonyl (C=O) groups is 2. The molecule has 1 atom stereocenters. The Morgan fingerprint density at radius 1 is 0.941 bits per heavy atom. The standard InChI is InChI=1S/C26H32FN5O2/c1-29(2)21-8-11-31(17-21)24-6-4-20(16-23(24)27)32-13-7-18-15-19(3-5-22(18)26(32)34)30-12-9-25(33)28-10-14-30/h3-6,15-16,21H,7-14,17H2,1-2H3,(H,28,33)/t21-/m1/s1. The zero-order valence-corrected chi connectivity index (χ0v) is 19.9. The summed E-state index contributed by atoms with van der Waals surface area (Å²) in [5, 5.41) is 2.89. The Hall–Kier alpha value is -3.13. The Bertz CT molecular complexity index is 1100. The molecule has 3 aliphatic heterocycles. The normalized spacial score (nSPS) is 21.1. The summed E-state index contributed by atoms with van der Waals surface area (Å²) in [6.45, 7) is 4.20. The fourth-order valence-electron chi connectivity index (χ4n) is 5.25. The topological polar surface area (TPSA) is 59.1 Å². The summed E-state index contributed by atoms with van der Waals surface area (Å²) in [5.41, 5.74) is 3.91. The lowest BCUT2D eigenvalue weighted by molar-refractivity contribution is -0.120. The molecule has 2 fully saturated rings. The van der Waals surface area contributed by atoms with Gasteiger partial charge < -0.3 is 24.9 Å². The van der Waals surface area contributed by atoms with Crippen molar-refractivity contribution >= 4 is 28.9 Å². The van der Waals surface area contributed by atoms with Gasteiger partial charge in [0.1, 0.15) is 5.82 Å². The fourth-order valence-corrected chi connectivity index (χ4v) is 5.25. The van der Waals surface area contributed by atoms with Crippen LogP contribution in [0.1, 0.15) is 28.8 Å². The van der Waals surface area contributed by atoms with Crippen molar-refractivity contribution in [1.29, 1.82) is 0 Å². The average molecular weight is 466 g/mol. The Kier molecular flexibility index (Phi) is 6.16. The maximum Gasteiger partial charge on any atom is 0.258 e. The summed E-state index contributed by atoms with van der Waals surface area (Å²) >= 11 is 0. The molecule has 1 N–H and O–H groups in total. The van der Waals surface area contributed by atoms with Crippen LogP contribution in [0, 0.1) is 5.82 Å². The van der Waals surface area contributed by atoms with Gasteiger partial charge in [0.25, 0.3) is 5.91 Å². The number of anilines is 3. The van der Waals surface area contributed by atoms with Crippen LogP contribution in [0.2, 0.25) is 0 Å². The van der Waals surface area contributed by atoms with Crippen molar-refractivity contribution in [3.8, 4) is 0 Å². The van der Waals surface area contributed by atoms with Gasteiger partial charge in [-0.1, -0.05) is 0 Å². The molecule has 180 valence electrons. The largest absolute Gasteiger partial charge is 0.369 e. The fraction of sp³-hybridized carbons (Fsp3) is 0.462. The molecule has 3 aliphatic rings. The van der Waals surface area contributed by atoms with E-state index in [0.717, 1.165) is 37.3 Å². The first kappa shape index (κ1) is 22.7. The van der Waals surface area contributed by atoms with Gasteiger partial charge in [-0.2, -0.15) is 0 Å². The van der Waals surface area contributed by atoms with Crippen molar-refractivity contribution < 1.29 is 14.0 Å². The zero-order chi connectivity index (χ0) is 23.8. The molecule has 0 bridgehead atoms. The molecule has 0 saturated carbocycles. The van der Waals surface area contributed by atoms with E-state index in [1.54, 1.807) is 4.90 Å². The predicted octanol–water partition coefficient (Wildman–Crippen LogP) is 2.50. The highest BCUT2D eigenvalue weighted by Gasteiger charge is 2.29. The minimum Gasteiger partial charge on any atom is -0.369 e. The maximum absolute atomic E-state index is 15.1. The van der Waals surface area contributed by atoms with Gasteiger partial charge >= 0.3 is 0 Å². The van der Waals surface area contributed by atoms with E-state index in [9.17, 15) is 9.59 Å². The summed E-state index contributed by atoms with van der Waals surface area (Å²) < 4.78 is 15.1. The van der Waals surface area contributed by atoms with Crippen LogP contribution in [-0.2, 0) is 11.2 Å². The van der Waals surface area contributed by atoms with Gasteiger partial charge in [0.2, 0.25) is 5.91 Å². The van der Waals surface area contributed by atoms with Crippen LogP contribution in [0.3, 0.4) is 0 Å². The third-order valence-corrected chi connectivity index (χ3v) is 7.32. The molecule has 8 heteroatoms. The molecule has 0 aliphatic carbocycles. The lowest BCUT2D eigenvalue weighted by atomic mass is 9.97. The third kappa shape index (κ3) is 4.34. The van der Waals surface area contributed by atoms with Gasteiger partial charge in [0, 0.05) is 68.7 Å². The Morgan fingerprint density at radius 3 is 2.53 bits per heavy atom. The molecule has 0 radical (unpaired) electrons. The molecule has 3 heterocycles. The summed E-state index contributed by atoms with van der Waals surface area (Å²) in [7, 11) is 4.12. The molecule has 5 rings (SSSR count). The first-order valence-corrected chi connectivity index (χ1v) is 12.1. The highest BCUT2D eigenvalue weighted by Crippen LogP contribution is 2.32. The molecule has 2 saturated heterocycles. The summed E-state index contributed by atoms with van der Waals surface area (Å²) in [6.07, 6.45) is 2.19. The lowest BCUT2D eigenvalue weighted by Gasteiger charge is -2.31. The van der Waals surface area contributed by atoms with Crippen LogP contribution < -0.4 is 20.0 Å². The van der Waals surface area contributed by atoms with E-state index in [4.69, 9.17) is 0 Å². The SMILES string of the molecule is CN(C)[C@@H]1CCN(c2ccc(N3CCc4cc(N5CCNC(=O)CC5)ccc4C3=O)cc2F)C1. The summed E-state index contributed by atoms with van der Waals surface area (Å²) in [5.74, 6) is -0.302. The predicted molar refractivity (Wildman–Crippen MR) is 132 cm³/mol. The molecular formula is C26H32FN5O2. The summed E-state index contributed by atoms with van der Waals surface area (Å²) in [6, 6.07) is 11.5. The van der Waals surface area contributed by atoms with Crippen molar-refractivity contribution in [2.45, 2.75) is 25.3 Å². The zero-order valence-electron chi connectivity index (χ0n) is 19.9. The van der Waals surface area contributed by atoms with Crippen molar-refractivity contribution in [3.63, 3.8) is 0 Å². The van der Waals surface area contributed by atoms with Crippen molar-refractivity contribution in [2.75, 3.05) is 68.1 Å². The van der Waals surface area contributed by atoms with E-state index in [1.807, 2.05) is 24.3 Å². The monoisotopic (exact) mass is 465 g/mol. The van der Waals surface area contributed by atoms with Crippen molar-refractivity contribution in [2.24, 2.45) is 0 Å². The van der Waals surface area contributed by atoms with E-state index in [1.165, 1.54) is 6.07 Å². The first-order chi connectivity index (χ1) is 16.4. The molecule has 0 spiro atoms. The molecule has 34 heavy (non-hydrogen) atoms. The number of halogens is 1. The third-order valence-electron chi connectivity index (χ3n) is 7.32. The van der Waals surface area contributed by atoms with Crippen LogP contribution in [0.25, 0.3) is 0 Å². The van der Waals surface area contributed by atoms with Gasteiger partial charge in [0.15, 0.2) is 0 Å². The molecule has 7 nitrogen and oxygen atoms in total. The van der Waals surface area contributed by atoms with Crippen molar-refractivity contribution in [3.05, 3.63) is 53.3 Å². The number of amides is 2. The van der Waals surface area contributed by atoms with E-state index < -0.39 is 0 Å². The number of likely N-dealkylation sites (N-methyl/N-ethyl adjacent to an activating group) is 1. The molecule has 0 aromatic heterocycles. The molecular weight excluding hydrogens is 433 g/mol. The minimum atomic E-state index is -0.282. The van der Waals surface area contributed by atoms with E-state index in [0.29, 0.717) is 55.5 Å². The number of hydrogen-bond donors (Lipinski definition) is 1. The number of carbonyl (C=O) groups excluding carboxylic acids is 2. The molecule has 2 aromatic carbocycles. The van der Waals surface area contributed by atoms with Crippen LogP contribution in [0.15, 0.2) is 36.4 Å². The second kappa shape index (κ2) is 9.25. The number of benzene rings is 2.